The normalized spacial score (nSPS) is 25.6. The van der Waals surface area contributed by atoms with E-state index in [2.05, 4.69) is 17.6 Å². The number of aliphatic hydroxyl groups is 1. The van der Waals surface area contributed by atoms with E-state index in [1.165, 1.54) is 14.0 Å². The molecule has 1 saturated carbocycles. The van der Waals surface area contributed by atoms with Crippen molar-refractivity contribution in [2.75, 3.05) is 20.3 Å². The predicted molar refractivity (Wildman–Crippen MR) is 102 cm³/mol. The highest BCUT2D eigenvalue weighted by molar-refractivity contribution is 6.15. The Labute approximate surface area is 159 Å². The van der Waals surface area contributed by atoms with E-state index in [0.29, 0.717) is 23.9 Å². The Morgan fingerprint density at radius 3 is 2.59 bits per heavy atom. The van der Waals surface area contributed by atoms with Gasteiger partial charge in [-0.15, -0.1) is 0 Å². The average molecular weight is 376 g/mol. The van der Waals surface area contributed by atoms with E-state index in [1.807, 2.05) is 0 Å². The zero-order valence-electron chi connectivity index (χ0n) is 16.0. The van der Waals surface area contributed by atoms with Crippen molar-refractivity contribution in [3.63, 3.8) is 0 Å². The Kier molecular flexibility index (Phi) is 6.43. The fourth-order valence-electron chi connectivity index (χ4n) is 3.10. The molecule has 27 heavy (non-hydrogen) atoms. The first-order valence-corrected chi connectivity index (χ1v) is 8.97. The maximum absolute atomic E-state index is 12.6. The summed E-state index contributed by atoms with van der Waals surface area (Å²) in [4.78, 5) is 24.1. The second-order valence-electron chi connectivity index (χ2n) is 7.39. The van der Waals surface area contributed by atoms with Crippen LogP contribution in [0.1, 0.15) is 26.7 Å². The van der Waals surface area contributed by atoms with Crippen LogP contribution < -0.4 is 16.4 Å². The third kappa shape index (κ3) is 4.77. The van der Waals surface area contributed by atoms with Gasteiger partial charge in [-0.3, -0.25) is 9.59 Å². The van der Waals surface area contributed by atoms with Crippen LogP contribution in [0.25, 0.3) is 0 Å². The van der Waals surface area contributed by atoms with Crippen molar-refractivity contribution in [1.82, 2.24) is 10.6 Å². The summed E-state index contributed by atoms with van der Waals surface area (Å²) >= 11 is 0. The molecule has 1 fully saturated rings. The largest absolute Gasteiger partial charge is 0.493 e. The summed E-state index contributed by atoms with van der Waals surface area (Å²) in [6.07, 6.45) is 7.16. The lowest BCUT2D eigenvalue weighted by Gasteiger charge is -2.32. The third-order valence-corrected chi connectivity index (χ3v) is 4.94. The topological polar surface area (TPSA) is 138 Å². The van der Waals surface area contributed by atoms with Gasteiger partial charge in [-0.05, 0) is 49.8 Å². The van der Waals surface area contributed by atoms with Crippen molar-refractivity contribution in [3.8, 4) is 0 Å². The van der Waals surface area contributed by atoms with Gasteiger partial charge in [0.25, 0.3) is 5.91 Å². The van der Waals surface area contributed by atoms with Crippen molar-refractivity contribution in [2.45, 2.75) is 32.2 Å². The highest BCUT2D eigenvalue weighted by atomic mass is 16.5. The van der Waals surface area contributed by atoms with Gasteiger partial charge in [-0.25, -0.2) is 0 Å². The van der Waals surface area contributed by atoms with Crippen molar-refractivity contribution in [2.24, 2.45) is 17.6 Å². The molecule has 0 saturated heterocycles. The summed E-state index contributed by atoms with van der Waals surface area (Å²) in [5, 5.41) is 22.7. The van der Waals surface area contributed by atoms with E-state index < -0.39 is 24.0 Å². The summed E-state index contributed by atoms with van der Waals surface area (Å²) < 4.78 is 5.82. The molecule has 0 aromatic rings. The number of likely N-dealkylation sites (N-methyl/N-ethyl adjacent to an activating group) is 1. The summed E-state index contributed by atoms with van der Waals surface area (Å²) in [6, 6.07) is 0. The number of nitrogens with one attached hydrogen (secondary N) is 3. The minimum atomic E-state index is -1.60. The van der Waals surface area contributed by atoms with Crippen molar-refractivity contribution in [3.05, 3.63) is 35.3 Å². The highest BCUT2D eigenvalue weighted by Crippen LogP contribution is 2.33. The van der Waals surface area contributed by atoms with Crippen LogP contribution in [0.3, 0.4) is 0 Å². The average Bonchev–Trinajstić information content (AvgIpc) is 2.60. The maximum atomic E-state index is 12.6. The van der Waals surface area contributed by atoms with Gasteiger partial charge in [0, 0.05) is 12.6 Å². The fraction of sp³-hybridized carbons (Fsp3) is 0.526. The Morgan fingerprint density at radius 2 is 2.07 bits per heavy atom. The number of nitrogens with two attached hydrogens (primary N) is 1. The molecule has 0 aromatic heterocycles. The molecule has 0 bridgehead atoms. The van der Waals surface area contributed by atoms with Crippen LogP contribution in [0.5, 0.6) is 0 Å². The van der Waals surface area contributed by atoms with E-state index in [9.17, 15) is 14.7 Å². The molecule has 1 atom stereocenters. The van der Waals surface area contributed by atoms with Gasteiger partial charge >= 0.3 is 0 Å². The molecule has 0 aromatic carbocycles. The Balaban J connectivity index is 2.18. The van der Waals surface area contributed by atoms with E-state index >= 15 is 0 Å². The lowest BCUT2D eigenvalue weighted by atomic mass is 9.77. The van der Waals surface area contributed by atoms with Crippen LogP contribution in [-0.4, -0.2) is 48.4 Å². The van der Waals surface area contributed by atoms with Crippen molar-refractivity contribution >= 4 is 17.5 Å². The number of primary amides is 1. The zero-order chi connectivity index (χ0) is 20.2. The summed E-state index contributed by atoms with van der Waals surface area (Å²) in [5.41, 5.74) is 4.21. The molecule has 2 aliphatic rings. The van der Waals surface area contributed by atoms with Crippen LogP contribution in [0, 0.1) is 17.2 Å². The lowest BCUT2D eigenvalue weighted by Crippen LogP contribution is -2.58. The van der Waals surface area contributed by atoms with Gasteiger partial charge < -0.3 is 31.6 Å². The van der Waals surface area contributed by atoms with Gasteiger partial charge in [0.05, 0.1) is 18.9 Å². The summed E-state index contributed by atoms with van der Waals surface area (Å²) in [5.74, 6) is 0.346. The Morgan fingerprint density at radius 1 is 1.41 bits per heavy atom. The lowest BCUT2D eigenvalue weighted by molar-refractivity contribution is -0.131. The van der Waals surface area contributed by atoms with E-state index in [4.69, 9.17) is 15.9 Å². The minimum absolute atomic E-state index is 0.0867. The number of hydrogen-bond acceptors (Lipinski definition) is 6. The van der Waals surface area contributed by atoms with Crippen LogP contribution in [0.15, 0.2) is 35.3 Å². The van der Waals surface area contributed by atoms with Gasteiger partial charge in [-0.2, -0.15) is 0 Å². The first-order valence-electron chi connectivity index (χ1n) is 8.97. The van der Waals surface area contributed by atoms with Crippen molar-refractivity contribution < 1.29 is 19.4 Å². The molecule has 6 N–H and O–H groups in total. The number of hydrogen-bond donors (Lipinski definition) is 5. The second-order valence-corrected chi connectivity index (χ2v) is 7.39. The molecule has 1 unspecified atom stereocenters. The van der Waals surface area contributed by atoms with Gasteiger partial charge in [-0.1, -0.05) is 6.92 Å². The first-order chi connectivity index (χ1) is 12.7. The highest BCUT2D eigenvalue weighted by Gasteiger charge is 2.34. The standard InChI is InChI=1S/C19H28N4O4/c1-11-6-12(7-11)9-27-13-4-5-15(20)14(8-13)16(22-3)17(25)23-19(2,10-24)18(21)26/h4-5,8,11-12,20,22,24H,6-7,9-10H2,1-3H3,(H2,21,26)(H,23,25)/b16-14-,20-15?. The van der Waals surface area contributed by atoms with E-state index in [1.54, 1.807) is 18.2 Å². The Hall–Kier alpha value is -2.61. The maximum Gasteiger partial charge on any atom is 0.268 e. The summed E-state index contributed by atoms with van der Waals surface area (Å²) in [7, 11) is 1.54. The quantitative estimate of drug-likeness (QED) is 0.389. The van der Waals surface area contributed by atoms with Gasteiger partial charge in [0.1, 0.15) is 17.0 Å². The predicted octanol–water partition coefficient (Wildman–Crippen LogP) is 0.349. The van der Waals surface area contributed by atoms with Crippen LogP contribution in [0.4, 0.5) is 0 Å². The smallest absolute Gasteiger partial charge is 0.268 e. The molecular weight excluding hydrogens is 348 g/mol. The molecule has 2 amide bonds. The van der Waals surface area contributed by atoms with Crippen LogP contribution in [-0.2, 0) is 14.3 Å². The monoisotopic (exact) mass is 376 g/mol. The molecule has 0 spiro atoms. The number of amides is 2. The molecule has 2 rings (SSSR count). The molecule has 0 aliphatic heterocycles. The number of rotatable bonds is 8. The molecule has 8 nitrogen and oxygen atoms in total. The van der Waals surface area contributed by atoms with E-state index in [-0.39, 0.29) is 11.4 Å². The molecule has 8 heteroatoms. The van der Waals surface area contributed by atoms with Gasteiger partial charge in [0.15, 0.2) is 0 Å². The molecule has 0 radical (unpaired) electrons. The third-order valence-electron chi connectivity index (χ3n) is 4.94. The Bertz CT molecular complexity index is 719. The summed E-state index contributed by atoms with van der Waals surface area (Å²) in [6.45, 7) is 3.51. The second kappa shape index (κ2) is 8.39. The van der Waals surface area contributed by atoms with Crippen molar-refractivity contribution in [1.29, 1.82) is 5.41 Å². The molecule has 148 valence electrons. The number of allylic oxidation sites excluding steroid dienone is 4. The molecule has 0 heterocycles. The molecule has 2 aliphatic carbocycles. The fourth-order valence-corrected chi connectivity index (χ4v) is 3.10. The number of carbonyl (C=O) groups is 2. The number of aliphatic hydroxyl groups excluding tert-OH is 1. The molecular formula is C19H28N4O4. The number of ether oxygens (including phenoxy) is 1. The SMILES string of the molecule is CN/C(C(=O)NC(C)(CO)C(N)=O)=C1/C=C(OCC2CC(C)C2)C=CC1=N. The van der Waals surface area contributed by atoms with Gasteiger partial charge in [0.2, 0.25) is 5.91 Å². The first kappa shape index (κ1) is 20.7. The minimum Gasteiger partial charge on any atom is -0.493 e. The van der Waals surface area contributed by atoms with Crippen LogP contribution in [0.2, 0.25) is 0 Å². The number of carbonyl (C=O) groups excluding carboxylic acids is 2. The van der Waals surface area contributed by atoms with Crippen LogP contribution >= 0.6 is 0 Å². The van der Waals surface area contributed by atoms with E-state index in [0.717, 1.165) is 18.8 Å². The zero-order valence-corrected chi connectivity index (χ0v) is 16.0.